The van der Waals surface area contributed by atoms with Crippen LogP contribution in [0.2, 0.25) is 0 Å². The van der Waals surface area contributed by atoms with Crippen LogP contribution >= 0.6 is 0 Å². The summed E-state index contributed by atoms with van der Waals surface area (Å²) in [5.74, 6) is 1.30. The van der Waals surface area contributed by atoms with Crippen LogP contribution in [0.4, 0.5) is 0 Å². The second-order valence-electron chi connectivity index (χ2n) is 7.04. The number of hydrogen-bond donors (Lipinski definition) is 1. The first kappa shape index (κ1) is 16.2. The van der Waals surface area contributed by atoms with Crippen molar-refractivity contribution in [1.82, 2.24) is 5.32 Å². The van der Waals surface area contributed by atoms with Gasteiger partial charge in [0.2, 0.25) is 0 Å². The maximum absolute atomic E-state index is 3.67. The van der Waals surface area contributed by atoms with E-state index in [2.05, 4.69) is 72.0 Å². The van der Waals surface area contributed by atoms with Crippen molar-refractivity contribution in [3.8, 4) is 0 Å². The van der Waals surface area contributed by atoms with Gasteiger partial charge in [-0.05, 0) is 52.0 Å². The predicted octanol–water partition coefficient (Wildman–Crippen LogP) is 4.82. The van der Waals surface area contributed by atoms with Gasteiger partial charge in [0.05, 0.1) is 0 Å². The minimum Gasteiger partial charge on any atom is -0.311 e. The van der Waals surface area contributed by atoms with Gasteiger partial charge in [-0.2, -0.15) is 0 Å². The fourth-order valence-corrected chi connectivity index (χ4v) is 2.57. The zero-order valence-electron chi connectivity index (χ0n) is 13.8. The highest BCUT2D eigenvalue weighted by Gasteiger charge is 2.21. The van der Waals surface area contributed by atoms with Crippen LogP contribution in [0.25, 0.3) is 0 Å². The first-order valence-electron chi connectivity index (χ1n) is 7.56. The van der Waals surface area contributed by atoms with Crippen molar-refractivity contribution in [3.05, 3.63) is 34.9 Å². The van der Waals surface area contributed by atoms with Gasteiger partial charge in [-0.1, -0.05) is 49.6 Å². The van der Waals surface area contributed by atoms with E-state index in [0.29, 0.717) is 11.8 Å². The quantitative estimate of drug-likeness (QED) is 0.801. The molecule has 0 aliphatic carbocycles. The largest absolute Gasteiger partial charge is 0.311 e. The maximum atomic E-state index is 3.67. The normalized spacial score (nSPS) is 15.3. The standard InChI is InChI=1S/C18H31N/c1-8-15(4)17(12-19-18(5,6)7)16-10-13(2)9-14(3)11-16/h9-11,15,17,19H,8,12H2,1-7H3. The summed E-state index contributed by atoms with van der Waals surface area (Å²) in [6.07, 6.45) is 1.23. The lowest BCUT2D eigenvalue weighted by Gasteiger charge is -2.29. The molecule has 0 bridgehead atoms. The van der Waals surface area contributed by atoms with Crippen LogP contribution in [0.1, 0.15) is 63.6 Å². The predicted molar refractivity (Wildman–Crippen MR) is 85.9 cm³/mol. The van der Waals surface area contributed by atoms with Gasteiger partial charge in [-0.25, -0.2) is 0 Å². The Bertz CT molecular complexity index is 380. The van der Waals surface area contributed by atoms with Crippen molar-refractivity contribution < 1.29 is 0 Å². The van der Waals surface area contributed by atoms with Crippen molar-refractivity contribution in [2.75, 3.05) is 6.54 Å². The van der Waals surface area contributed by atoms with E-state index >= 15 is 0 Å². The van der Waals surface area contributed by atoms with E-state index in [1.807, 2.05) is 0 Å². The van der Waals surface area contributed by atoms with Gasteiger partial charge in [0.15, 0.2) is 0 Å². The van der Waals surface area contributed by atoms with Crippen LogP contribution in [0.15, 0.2) is 18.2 Å². The summed E-state index contributed by atoms with van der Waals surface area (Å²) < 4.78 is 0. The molecule has 1 aromatic rings. The Labute approximate surface area is 119 Å². The van der Waals surface area contributed by atoms with Crippen molar-refractivity contribution in [3.63, 3.8) is 0 Å². The highest BCUT2D eigenvalue weighted by atomic mass is 14.9. The first-order valence-corrected chi connectivity index (χ1v) is 7.56. The average Bonchev–Trinajstić information content (AvgIpc) is 2.26. The number of benzene rings is 1. The molecule has 0 amide bonds. The fourth-order valence-electron chi connectivity index (χ4n) is 2.57. The molecule has 0 saturated carbocycles. The monoisotopic (exact) mass is 261 g/mol. The molecule has 2 unspecified atom stereocenters. The molecule has 1 nitrogen and oxygen atoms in total. The summed E-state index contributed by atoms with van der Waals surface area (Å²) in [5, 5.41) is 3.67. The van der Waals surface area contributed by atoms with Gasteiger partial charge >= 0.3 is 0 Å². The molecule has 0 spiro atoms. The SMILES string of the molecule is CCC(C)C(CNC(C)(C)C)c1cc(C)cc(C)c1. The zero-order valence-corrected chi connectivity index (χ0v) is 13.8. The van der Waals surface area contributed by atoms with E-state index in [0.717, 1.165) is 6.54 Å². The van der Waals surface area contributed by atoms with E-state index in [1.165, 1.54) is 23.1 Å². The van der Waals surface area contributed by atoms with Crippen molar-refractivity contribution in [1.29, 1.82) is 0 Å². The van der Waals surface area contributed by atoms with E-state index in [1.54, 1.807) is 0 Å². The Morgan fingerprint density at radius 3 is 2.00 bits per heavy atom. The van der Waals surface area contributed by atoms with Crippen molar-refractivity contribution >= 4 is 0 Å². The molecule has 0 aliphatic rings. The molecular formula is C18H31N. The van der Waals surface area contributed by atoms with Crippen LogP contribution in [0, 0.1) is 19.8 Å². The summed E-state index contributed by atoms with van der Waals surface area (Å²) >= 11 is 0. The van der Waals surface area contributed by atoms with Gasteiger partial charge in [-0.15, -0.1) is 0 Å². The molecule has 0 saturated heterocycles. The summed E-state index contributed by atoms with van der Waals surface area (Å²) in [5.41, 5.74) is 4.42. The number of nitrogens with one attached hydrogen (secondary N) is 1. The van der Waals surface area contributed by atoms with Crippen LogP contribution in [-0.2, 0) is 0 Å². The van der Waals surface area contributed by atoms with Crippen molar-refractivity contribution in [2.45, 2.75) is 66.3 Å². The fraction of sp³-hybridized carbons (Fsp3) is 0.667. The van der Waals surface area contributed by atoms with E-state index in [-0.39, 0.29) is 5.54 Å². The minimum absolute atomic E-state index is 0.185. The molecule has 0 heterocycles. The van der Waals surface area contributed by atoms with Gasteiger partial charge in [-0.3, -0.25) is 0 Å². The Balaban J connectivity index is 2.96. The van der Waals surface area contributed by atoms with E-state index in [9.17, 15) is 0 Å². The topological polar surface area (TPSA) is 12.0 Å². The van der Waals surface area contributed by atoms with Crippen molar-refractivity contribution in [2.24, 2.45) is 5.92 Å². The third-order valence-corrected chi connectivity index (χ3v) is 3.86. The van der Waals surface area contributed by atoms with Crippen LogP contribution in [0.3, 0.4) is 0 Å². The molecule has 108 valence electrons. The molecule has 1 N–H and O–H groups in total. The molecule has 0 fully saturated rings. The second-order valence-corrected chi connectivity index (χ2v) is 7.04. The lowest BCUT2D eigenvalue weighted by molar-refractivity contribution is 0.356. The molecule has 1 heteroatoms. The van der Waals surface area contributed by atoms with Crippen LogP contribution in [-0.4, -0.2) is 12.1 Å². The van der Waals surface area contributed by atoms with Crippen LogP contribution in [0.5, 0.6) is 0 Å². The average molecular weight is 261 g/mol. The number of aryl methyl sites for hydroxylation is 2. The van der Waals surface area contributed by atoms with Gasteiger partial charge in [0.25, 0.3) is 0 Å². The number of hydrogen-bond acceptors (Lipinski definition) is 1. The van der Waals surface area contributed by atoms with E-state index in [4.69, 9.17) is 0 Å². The van der Waals surface area contributed by atoms with Gasteiger partial charge < -0.3 is 5.32 Å². The zero-order chi connectivity index (χ0) is 14.6. The summed E-state index contributed by atoms with van der Waals surface area (Å²) in [7, 11) is 0. The van der Waals surface area contributed by atoms with Gasteiger partial charge in [0, 0.05) is 12.1 Å². The first-order chi connectivity index (χ1) is 8.73. The van der Waals surface area contributed by atoms with Crippen LogP contribution < -0.4 is 5.32 Å². The molecule has 1 rings (SSSR count). The Kier molecular flexibility index (Phi) is 5.61. The maximum Gasteiger partial charge on any atom is 0.00967 e. The molecule has 1 aromatic carbocycles. The molecule has 19 heavy (non-hydrogen) atoms. The third kappa shape index (κ3) is 5.36. The second kappa shape index (κ2) is 6.56. The molecule has 0 aromatic heterocycles. The Hall–Kier alpha value is -0.820. The lowest BCUT2D eigenvalue weighted by Crippen LogP contribution is -2.39. The van der Waals surface area contributed by atoms with Gasteiger partial charge in [0.1, 0.15) is 0 Å². The summed E-state index contributed by atoms with van der Waals surface area (Å²) in [6, 6.07) is 6.97. The Morgan fingerprint density at radius 1 is 1.05 bits per heavy atom. The third-order valence-electron chi connectivity index (χ3n) is 3.86. The smallest absolute Gasteiger partial charge is 0.00967 e. The highest BCUT2D eigenvalue weighted by molar-refractivity contribution is 5.31. The highest BCUT2D eigenvalue weighted by Crippen LogP contribution is 2.28. The molecule has 2 atom stereocenters. The summed E-state index contributed by atoms with van der Waals surface area (Å²) in [4.78, 5) is 0. The number of rotatable bonds is 5. The minimum atomic E-state index is 0.185. The Morgan fingerprint density at radius 2 is 1.58 bits per heavy atom. The van der Waals surface area contributed by atoms with E-state index < -0.39 is 0 Å². The summed E-state index contributed by atoms with van der Waals surface area (Å²) in [6.45, 7) is 16.8. The molecule has 0 aliphatic heterocycles. The lowest BCUT2D eigenvalue weighted by atomic mass is 9.84. The molecule has 0 radical (unpaired) electrons. The molecular weight excluding hydrogens is 230 g/mol.